The molecule has 2 aliphatic carbocycles. The molecule has 2 saturated carbocycles. The maximum Gasteiger partial charge on any atom is 0.417 e. The molecule has 3 aliphatic rings. The minimum Gasteiger partial charge on any atom is -0.465 e. The number of likely N-dealkylation sites (tertiary alicyclic amines) is 1. The molecule has 15 heteroatoms. The van der Waals surface area contributed by atoms with Gasteiger partial charge in [-0.2, -0.15) is 13.2 Å². The van der Waals surface area contributed by atoms with Gasteiger partial charge in [0.15, 0.2) is 0 Å². The van der Waals surface area contributed by atoms with E-state index in [1.807, 2.05) is 0 Å². The number of halogens is 5. The molecule has 0 aromatic rings. The Morgan fingerprint density at radius 2 is 1.62 bits per heavy atom. The number of alkyl halides is 5. The van der Waals surface area contributed by atoms with Crippen molar-refractivity contribution in [2.45, 2.75) is 107 Å². The number of ketones is 1. The standard InChI is InChI=1S/C24H33F5N4O6/c1-22(25,26)10-7-14(16(34)19(36)30-13-5-6-13)31-18(35)15-11-23(8-3-2-4-9-23)12-33(15)20(37)17(24(27,28)29)32-21(38)39/h13-15,17,32H,2-12H2,1H3,(H,30,36)(H,31,35)(H,38,39)/t14?,15-,17?/m0/s1. The summed E-state index contributed by atoms with van der Waals surface area (Å²) >= 11 is 0. The molecule has 2 unspecified atom stereocenters. The van der Waals surface area contributed by atoms with E-state index in [-0.39, 0.29) is 19.0 Å². The largest absolute Gasteiger partial charge is 0.465 e. The van der Waals surface area contributed by atoms with Crippen LogP contribution >= 0.6 is 0 Å². The van der Waals surface area contributed by atoms with E-state index in [2.05, 4.69) is 10.6 Å². The van der Waals surface area contributed by atoms with E-state index in [9.17, 15) is 45.9 Å². The Morgan fingerprint density at radius 1 is 1.00 bits per heavy atom. The van der Waals surface area contributed by atoms with Crippen LogP contribution in [0, 0.1) is 5.41 Å². The third-order valence-electron chi connectivity index (χ3n) is 7.49. The minimum atomic E-state index is -5.30. The predicted molar refractivity (Wildman–Crippen MR) is 125 cm³/mol. The topological polar surface area (TPSA) is 145 Å². The SMILES string of the molecule is CC(F)(F)CCC(NC(=O)[C@@H]1CC2(CCCCC2)CN1C(=O)C(NC(=O)O)C(F)(F)F)C(=O)C(=O)NC1CC1. The van der Waals surface area contributed by atoms with Gasteiger partial charge in [-0.1, -0.05) is 19.3 Å². The summed E-state index contributed by atoms with van der Waals surface area (Å²) in [6, 6.07) is -6.59. The maximum absolute atomic E-state index is 13.6. The first-order chi connectivity index (χ1) is 18.0. The number of nitrogens with one attached hydrogen (secondary N) is 3. The summed E-state index contributed by atoms with van der Waals surface area (Å²) in [7, 11) is 0. The molecule has 0 aromatic carbocycles. The third kappa shape index (κ3) is 8.24. The van der Waals surface area contributed by atoms with Crippen LogP contribution in [0.25, 0.3) is 0 Å². The summed E-state index contributed by atoms with van der Waals surface area (Å²) in [5, 5.41) is 14.7. The van der Waals surface area contributed by atoms with Gasteiger partial charge in [-0.25, -0.2) is 13.6 Å². The lowest BCUT2D eigenvalue weighted by Gasteiger charge is -2.33. The fourth-order valence-electron chi connectivity index (χ4n) is 5.34. The van der Waals surface area contributed by atoms with Crippen molar-refractivity contribution in [3.05, 3.63) is 0 Å². The molecule has 10 nitrogen and oxygen atoms in total. The normalized spacial score (nSPS) is 22.6. The van der Waals surface area contributed by atoms with Gasteiger partial charge in [0, 0.05) is 19.0 Å². The summed E-state index contributed by atoms with van der Waals surface area (Å²) in [6.45, 7) is 0.350. The highest BCUT2D eigenvalue weighted by atomic mass is 19.4. The summed E-state index contributed by atoms with van der Waals surface area (Å²) in [6.07, 6.45) is -4.37. The molecular weight excluding hydrogens is 535 g/mol. The van der Waals surface area contributed by atoms with E-state index >= 15 is 0 Å². The second kappa shape index (κ2) is 11.6. The van der Waals surface area contributed by atoms with Crippen LogP contribution in [0.5, 0.6) is 0 Å². The molecule has 1 heterocycles. The Morgan fingerprint density at radius 3 is 2.13 bits per heavy atom. The van der Waals surface area contributed by atoms with Crippen LogP contribution in [0.15, 0.2) is 0 Å². The average molecular weight is 569 g/mol. The lowest BCUT2D eigenvalue weighted by Crippen LogP contribution is -2.59. The number of Topliss-reactive ketones (excluding diaryl/α,β-unsaturated/α-hetero) is 1. The summed E-state index contributed by atoms with van der Waals surface area (Å²) < 4.78 is 68.1. The number of rotatable bonds is 10. The van der Waals surface area contributed by atoms with Gasteiger partial charge in [0.05, 0.1) is 6.04 Å². The van der Waals surface area contributed by atoms with Crippen LogP contribution in [0.4, 0.5) is 26.7 Å². The van der Waals surface area contributed by atoms with E-state index in [0.717, 1.165) is 11.7 Å². The smallest absolute Gasteiger partial charge is 0.417 e. The number of nitrogens with zero attached hydrogens (tertiary/aromatic N) is 1. The zero-order valence-electron chi connectivity index (χ0n) is 21.4. The van der Waals surface area contributed by atoms with Crippen molar-refractivity contribution in [2.24, 2.45) is 5.41 Å². The number of carboxylic acid groups (broad SMARTS) is 1. The fraction of sp³-hybridized carbons (Fsp3) is 0.792. The molecule has 1 saturated heterocycles. The van der Waals surface area contributed by atoms with Gasteiger partial charge >= 0.3 is 12.3 Å². The Kier molecular flexibility index (Phi) is 9.10. The van der Waals surface area contributed by atoms with Crippen molar-refractivity contribution in [1.29, 1.82) is 0 Å². The molecule has 39 heavy (non-hydrogen) atoms. The highest BCUT2D eigenvalue weighted by molar-refractivity contribution is 6.38. The van der Waals surface area contributed by atoms with Crippen molar-refractivity contribution >= 4 is 29.6 Å². The zero-order valence-corrected chi connectivity index (χ0v) is 21.4. The molecule has 3 rings (SSSR count). The summed E-state index contributed by atoms with van der Waals surface area (Å²) in [5.41, 5.74) is -0.700. The van der Waals surface area contributed by atoms with Gasteiger partial charge < -0.3 is 26.0 Å². The first-order valence-electron chi connectivity index (χ1n) is 12.9. The number of carbonyl (C=O) groups is 5. The highest BCUT2D eigenvalue weighted by Gasteiger charge is 2.55. The molecule has 0 radical (unpaired) electrons. The van der Waals surface area contributed by atoms with Crippen LogP contribution in [0.1, 0.15) is 71.1 Å². The minimum absolute atomic E-state index is 0.0542. The van der Waals surface area contributed by atoms with E-state index in [1.54, 1.807) is 0 Å². The van der Waals surface area contributed by atoms with Gasteiger partial charge in [0.2, 0.25) is 23.7 Å². The Bertz CT molecular complexity index is 975. The van der Waals surface area contributed by atoms with Crippen LogP contribution in [0.3, 0.4) is 0 Å². The van der Waals surface area contributed by atoms with E-state index < -0.39 is 78.1 Å². The monoisotopic (exact) mass is 568 g/mol. The molecule has 1 spiro atoms. The Labute approximate surface area is 221 Å². The second-order valence-corrected chi connectivity index (χ2v) is 11.0. The molecule has 220 valence electrons. The molecular formula is C24H33F5N4O6. The second-order valence-electron chi connectivity index (χ2n) is 11.0. The molecule has 0 aromatic heterocycles. The molecule has 0 bridgehead atoms. The number of hydrogen-bond acceptors (Lipinski definition) is 5. The lowest BCUT2D eigenvalue weighted by molar-refractivity contribution is -0.176. The predicted octanol–water partition coefficient (Wildman–Crippen LogP) is 2.50. The number of amides is 4. The van der Waals surface area contributed by atoms with E-state index in [1.165, 1.54) is 0 Å². The molecule has 1 aliphatic heterocycles. The van der Waals surface area contributed by atoms with Crippen molar-refractivity contribution in [3.8, 4) is 0 Å². The van der Waals surface area contributed by atoms with Gasteiger partial charge in [0.25, 0.3) is 11.8 Å². The van der Waals surface area contributed by atoms with Gasteiger partial charge in [-0.15, -0.1) is 0 Å². The van der Waals surface area contributed by atoms with Crippen molar-refractivity contribution in [3.63, 3.8) is 0 Å². The first kappa shape index (κ1) is 30.5. The van der Waals surface area contributed by atoms with Crippen LogP contribution in [0.2, 0.25) is 0 Å². The quantitative estimate of drug-likeness (QED) is 0.236. The summed E-state index contributed by atoms with van der Waals surface area (Å²) in [5.74, 6) is -8.24. The van der Waals surface area contributed by atoms with Crippen molar-refractivity contribution in [1.82, 2.24) is 20.9 Å². The average Bonchev–Trinajstić information content (AvgIpc) is 3.57. The van der Waals surface area contributed by atoms with Gasteiger partial charge in [-0.05, 0) is 50.9 Å². The van der Waals surface area contributed by atoms with E-state index in [0.29, 0.717) is 50.3 Å². The maximum atomic E-state index is 13.6. The van der Waals surface area contributed by atoms with Crippen LogP contribution in [-0.2, 0) is 19.2 Å². The zero-order chi connectivity index (χ0) is 29.2. The van der Waals surface area contributed by atoms with Crippen LogP contribution in [-0.4, -0.2) is 82.4 Å². The van der Waals surface area contributed by atoms with Crippen molar-refractivity contribution < 1.29 is 51.0 Å². The van der Waals surface area contributed by atoms with Gasteiger partial charge in [0.1, 0.15) is 6.04 Å². The highest BCUT2D eigenvalue weighted by Crippen LogP contribution is 2.47. The Hall–Kier alpha value is -3.00. The summed E-state index contributed by atoms with van der Waals surface area (Å²) in [4.78, 5) is 63.2. The molecule has 4 N–H and O–H groups in total. The van der Waals surface area contributed by atoms with Crippen molar-refractivity contribution in [2.75, 3.05) is 6.54 Å². The first-order valence-corrected chi connectivity index (χ1v) is 12.9. The molecule has 3 atom stereocenters. The Balaban J connectivity index is 1.86. The van der Waals surface area contributed by atoms with Crippen LogP contribution < -0.4 is 16.0 Å². The van der Waals surface area contributed by atoms with Gasteiger partial charge in [-0.3, -0.25) is 19.2 Å². The number of carbonyl (C=O) groups excluding carboxylic acids is 4. The number of hydrogen-bond donors (Lipinski definition) is 4. The molecule has 4 amide bonds. The fourth-order valence-corrected chi connectivity index (χ4v) is 5.34. The lowest BCUT2D eigenvalue weighted by atomic mass is 9.72. The molecule has 3 fully saturated rings. The van der Waals surface area contributed by atoms with E-state index in [4.69, 9.17) is 5.11 Å². The third-order valence-corrected chi connectivity index (χ3v) is 7.49.